The van der Waals surface area contributed by atoms with Gasteiger partial charge in [0.15, 0.2) is 0 Å². The lowest BCUT2D eigenvalue weighted by atomic mass is 9.91. The first kappa shape index (κ1) is 9.51. The fraction of sp³-hybridized carbons (Fsp3) is 0.429. The van der Waals surface area contributed by atoms with E-state index in [0.29, 0.717) is 5.41 Å². The van der Waals surface area contributed by atoms with E-state index in [-0.39, 0.29) is 0 Å². The summed E-state index contributed by atoms with van der Waals surface area (Å²) < 4.78 is 0. The summed E-state index contributed by atoms with van der Waals surface area (Å²) in [6.45, 7) is 4.72. The van der Waals surface area contributed by atoms with Crippen LogP contribution in [-0.2, 0) is 0 Å². The van der Waals surface area contributed by atoms with Gasteiger partial charge in [-0.3, -0.25) is 0 Å². The molecule has 1 aromatic rings. The van der Waals surface area contributed by atoms with E-state index in [1.165, 1.54) is 24.8 Å². The van der Waals surface area contributed by atoms with Crippen LogP contribution in [0, 0.1) is 5.41 Å². The van der Waals surface area contributed by atoms with Gasteiger partial charge in [-0.1, -0.05) is 55.8 Å². The molecule has 0 saturated heterocycles. The Bertz CT molecular complexity index is 330. The van der Waals surface area contributed by atoms with Gasteiger partial charge in [0.2, 0.25) is 0 Å². The third-order valence-corrected chi connectivity index (χ3v) is 3.00. The van der Waals surface area contributed by atoms with E-state index in [9.17, 15) is 0 Å². The van der Waals surface area contributed by atoms with Gasteiger partial charge in [0.1, 0.15) is 0 Å². The van der Waals surface area contributed by atoms with Gasteiger partial charge >= 0.3 is 0 Å². The maximum absolute atomic E-state index is 2.36. The average molecular weight is 186 g/mol. The maximum atomic E-state index is 2.36. The van der Waals surface area contributed by atoms with Gasteiger partial charge in [-0.05, 0) is 30.2 Å². The molecule has 2 rings (SSSR count). The molecule has 0 radical (unpaired) electrons. The second-order valence-corrected chi connectivity index (χ2v) is 5.05. The molecule has 1 saturated carbocycles. The zero-order valence-electron chi connectivity index (χ0n) is 9.09. The molecule has 0 heteroatoms. The van der Waals surface area contributed by atoms with E-state index >= 15 is 0 Å². The minimum absolute atomic E-state index is 0.528. The smallest absolute Gasteiger partial charge is 0.0257 e. The van der Waals surface area contributed by atoms with Crippen molar-refractivity contribution in [3.05, 3.63) is 41.5 Å². The van der Waals surface area contributed by atoms with E-state index in [2.05, 4.69) is 50.3 Å². The zero-order valence-corrected chi connectivity index (χ0v) is 9.09. The summed E-state index contributed by atoms with van der Waals surface area (Å²) in [5.74, 6) is 0. The van der Waals surface area contributed by atoms with Gasteiger partial charge in [0.25, 0.3) is 0 Å². The fourth-order valence-electron chi connectivity index (χ4n) is 2.20. The predicted molar refractivity (Wildman–Crippen MR) is 62.1 cm³/mol. The third kappa shape index (κ3) is 2.25. The zero-order chi connectivity index (χ0) is 10.0. The topological polar surface area (TPSA) is 0 Å². The molecule has 0 amide bonds. The van der Waals surface area contributed by atoms with Crippen molar-refractivity contribution in [1.82, 2.24) is 0 Å². The molecule has 0 aromatic heterocycles. The highest BCUT2D eigenvalue weighted by Gasteiger charge is 2.26. The number of hydrogen-bond donors (Lipinski definition) is 0. The summed E-state index contributed by atoms with van der Waals surface area (Å²) in [6, 6.07) is 10.6. The lowest BCUT2D eigenvalue weighted by Gasteiger charge is -2.14. The SMILES string of the molecule is CC1(C)CC/C(=C/c2ccccc2)C1. The summed E-state index contributed by atoms with van der Waals surface area (Å²) >= 11 is 0. The van der Waals surface area contributed by atoms with Crippen molar-refractivity contribution in [2.75, 3.05) is 0 Å². The molecule has 1 aliphatic rings. The first-order valence-corrected chi connectivity index (χ1v) is 5.40. The quantitative estimate of drug-likeness (QED) is 0.614. The second-order valence-electron chi connectivity index (χ2n) is 5.05. The Hall–Kier alpha value is -1.04. The van der Waals surface area contributed by atoms with Gasteiger partial charge in [-0.15, -0.1) is 0 Å². The van der Waals surface area contributed by atoms with Crippen molar-refractivity contribution in [3.8, 4) is 0 Å². The number of hydrogen-bond acceptors (Lipinski definition) is 0. The van der Waals surface area contributed by atoms with Crippen molar-refractivity contribution < 1.29 is 0 Å². The highest BCUT2D eigenvalue weighted by atomic mass is 14.3. The van der Waals surface area contributed by atoms with Crippen LogP contribution in [0.5, 0.6) is 0 Å². The average Bonchev–Trinajstić information content (AvgIpc) is 2.47. The van der Waals surface area contributed by atoms with Crippen molar-refractivity contribution in [3.63, 3.8) is 0 Å². The molecule has 0 spiro atoms. The van der Waals surface area contributed by atoms with Crippen LogP contribution in [0.25, 0.3) is 6.08 Å². The van der Waals surface area contributed by atoms with Crippen LogP contribution < -0.4 is 0 Å². The Morgan fingerprint density at radius 3 is 2.43 bits per heavy atom. The maximum Gasteiger partial charge on any atom is -0.0257 e. The Morgan fingerprint density at radius 2 is 1.86 bits per heavy atom. The highest BCUT2D eigenvalue weighted by molar-refractivity contribution is 5.53. The molecule has 0 aliphatic heterocycles. The van der Waals surface area contributed by atoms with Crippen LogP contribution >= 0.6 is 0 Å². The van der Waals surface area contributed by atoms with Crippen LogP contribution in [-0.4, -0.2) is 0 Å². The predicted octanol–water partition coefficient (Wildman–Crippen LogP) is 4.28. The Labute approximate surface area is 86.7 Å². The third-order valence-electron chi connectivity index (χ3n) is 3.00. The van der Waals surface area contributed by atoms with Crippen LogP contribution in [0.15, 0.2) is 35.9 Å². The molecule has 14 heavy (non-hydrogen) atoms. The summed E-state index contributed by atoms with van der Waals surface area (Å²) in [4.78, 5) is 0. The lowest BCUT2D eigenvalue weighted by molar-refractivity contribution is 0.389. The van der Waals surface area contributed by atoms with Crippen molar-refractivity contribution >= 4 is 6.08 Å². The van der Waals surface area contributed by atoms with Crippen molar-refractivity contribution in [2.24, 2.45) is 5.41 Å². The fourth-order valence-corrected chi connectivity index (χ4v) is 2.20. The Morgan fingerprint density at radius 1 is 1.14 bits per heavy atom. The highest BCUT2D eigenvalue weighted by Crippen LogP contribution is 2.41. The largest absolute Gasteiger partial charge is 0.0691 e. The van der Waals surface area contributed by atoms with E-state index in [4.69, 9.17) is 0 Å². The molecule has 1 fully saturated rings. The van der Waals surface area contributed by atoms with E-state index < -0.39 is 0 Å². The van der Waals surface area contributed by atoms with Crippen LogP contribution in [0.1, 0.15) is 38.7 Å². The summed E-state index contributed by atoms with van der Waals surface area (Å²) in [5.41, 5.74) is 3.49. The minimum Gasteiger partial charge on any atom is -0.0691 e. The van der Waals surface area contributed by atoms with Crippen LogP contribution in [0.3, 0.4) is 0 Å². The van der Waals surface area contributed by atoms with Gasteiger partial charge in [0.05, 0.1) is 0 Å². The molecule has 0 unspecified atom stereocenters. The number of benzene rings is 1. The first-order valence-electron chi connectivity index (χ1n) is 5.40. The summed E-state index contributed by atoms with van der Waals surface area (Å²) in [7, 11) is 0. The van der Waals surface area contributed by atoms with E-state index in [0.717, 1.165) is 0 Å². The Balaban J connectivity index is 2.14. The standard InChI is InChI=1S/C14H18/c1-14(2)9-8-13(11-14)10-12-6-4-3-5-7-12/h3-7,10H,8-9,11H2,1-2H3/b13-10-. The molecule has 0 bridgehead atoms. The van der Waals surface area contributed by atoms with E-state index in [1.807, 2.05) is 0 Å². The van der Waals surface area contributed by atoms with Crippen LogP contribution in [0.4, 0.5) is 0 Å². The molecule has 0 nitrogen and oxygen atoms in total. The summed E-state index contributed by atoms with van der Waals surface area (Å²) in [5, 5.41) is 0. The Kier molecular flexibility index (Phi) is 2.45. The molecule has 0 N–H and O–H groups in total. The normalized spacial score (nSPS) is 22.9. The lowest BCUT2D eigenvalue weighted by Crippen LogP contribution is -2.02. The second kappa shape index (κ2) is 3.61. The van der Waals surface area contributed by atoms with Gasteiger partial charge in [0, 0.05) is 0 Å². The van der Waals surface area contributed by atoms with Gasteiger partial charge < -0.3 is 0 Å². The monoisotopic (exact) mass is 186 g/mol. The molecule has 1 aliphatic carbocycles. The van der Waals surface area contributed by atoms with Crippen LogP contribution in [0.2, 0.25) is 0 Å². The van der Waals surface area contributed by atoms with Gasteiger partial charge in [-0.25, -0.2) is 0 Å². The molecular weight excluding hydrogens is 168 g/mol. The number of rotatable bonds is 1. The molecule has 1 aromatic carbocycles. The molecule has 0 atom stereocenters. The van der Waals surface area contributed by atoms with E-state index in [1.54, 1.807) is 5.57 Å². The van der Waals surface area contributed by atoms with Crippen molar-refractivity contribution in [1.29, 1.82) is 0 Å². The molecule has 74 valence electrons. The molecule has 0 heterocycles. The minimum atomic E-state index is 0.528. The number of allylic oxidation sites excluding steroid dienone is 1. The summed E-state index contributed by atoms with van der Waals surface area (Å²) in [6.07, 6.45) is 6.24. The molecular formula is C14H18. The van der Waals surface area contributed by atoms with Gasteiger partial charge in [-0.2, -0.15) is 0 Å². The first-order chi connectivity index (χ1) is 6.66. The van der Waals surface area contributed by atoms with Crippen molar-refractivity contribution in [2.45, 2.75) is 33.1 Å².